The van der Waals surface area contributed by atoms with Gasteiger partial charge in [0.25, 0.3) is 0 Å². The lowest BCUT2D eigenvalue weighted by Crippen LogP contribution is -2.05. The van der Waals surface area contributed by atoms with Gasteiger partial charge in [-0.15, -0.1) is 0 Å². The monoisotopic (exact) mass is 321 g/mol. The van der Waals surface area contributed by atoms with Crippen LogP contribution >= 0.6 is 0 Å². The highest BCUT2D eigenvalue weighted by Crippen LogP contribution is 2.32. The number of carbonyl (C=O) groups is 1. The van der Waals surface area contributed by atoms with Crippen molar-refractivity contribution in [1.29, 1.82) is 0 Å². The normalized spacial score (nSPS) is 15.2. The van der Waals surface area contributed by atoms with Crippen LogP contribution in [0.15, 0.2) is 42.5 Å². The molecule has 1 aliphatic carbocycles. The average Bonchev–Trinajstić information content (AvgIpc) is 2.61. The molecule has 2 nitrogen and oxygen atoms in total. The van der Waals surface area contributed by atoms with E-state index < -0.39 is 0 Å². The van der Waals surface area contributed by atoms with Crippen LogP contribution in [0.1, 0.15) is 72.0 Å². The predicted octanol–water partition coefficient (Wildman–Crippen LogP) is 5.86. The van der Waals surface area contributed by atoms with E-state index in [1.807, 2.05) is 25.1 Å². The summed E-state index contributed by atoms with van der Waals surface area (Å²) in [6, 6.07) is 15.0. The second-order valence-corrected chi connectivity index (χ2v) is 7.02. The fourth-order valence-electron chi connectivity index (χ4n) is 3.72. The summed E-state index contributed by atoms with van der Waals surface area (Å²) in [6.45, 7) is 4.41. The Kier molecular flexibility index (Phi) is 5.34. The van der Waals surface area contributed by atoms with Crippen LogP contribution in [0, 0.1) is 6.92 Å². The molecule has 0 bridgehead atoms. The van der Waals surface area contributed by atoms with Crippen molar-refractivity contribution in [3.05, 3.63) is 64.7 Å². The molecule has 0 saturated heterocycles. The molecule has 1 fully saturated rings. The van der Waals surface area contributed by atoms with Crippen molar-refractivity contribution in [2.75, 3.05) is 5.32 Å². The number of benzene rings is 2. The SMILES string of the molecule is CC(=O)c1ccc(NCc2ccc(C3CCCCC3)cc2)cc1C. The van der Waals surface area contributed by atoms with Gasteiger partial charge in [-0.05, 0) is 67.5 Å². The summed E-state index contributed by atoms with van der Waals surface area (Å²) in [6.07, 6.45) is 6.85. The summed E-state index contributed by atoms with van der Waals surface area (Å²) < 4.78 is 0. The molecule has 0 atom stereocenters. The molecule has 24 heavy (non-hydrogen) atoms. The van der Waals surface area contributed by atoms with E-state index in [9.17, 15) is 4.79 Å². The minimum Gasteiger partial charge on any atom is -0.381 e. The van der Waals surface area contributed by atoms with Gasteiger partial charge in [-0.2, -0.15) is 0 Å². The third kappa shape index (κ3) is 4.05. The number of rotatable bonds is 5. The van der Waals surface area contributed by atoms with Gasteiger partial charge >= 0.3 is 0 Å². The molecule has 0 radical (unpaired) electrons. The molecule has 0 heterocycles. The molecule has 126 valence electrons. The van der Waals surface area contributed by atoms with Gasteiger partial charge in [0.2, 0.25) is 0 Å². The first-order valence-electron chi connectivity index (χ1n) is 9.08. The maximum absolute atomic E-state index is 11.5. The van der Waals surface area contributed by atoms with Gasteiger partial charge in [0.1, 0.15) is 0 Å². The highest BCUT2D eigenvalue weighted by atomic mass is 16.1. The van der Waals surface area contributed by atoms with E-state index in [0.717, 1.165) is 29.3 Å². The molecular formula is C22H27NO. The maximum Gasteiger partial charge on any atom is 0.160 e. The van der Waals surface area contributed by atoms with E-state index in [2.05, 4.69) is 29.6 Å². The van der Waals surface area contributed by atoms with Crippen LogP contribution < -0.4 is 5.32 Å². The number of aryl methyl sites for hydroxylation is 1. The lowest BCUT2D eigenvalue weighted by atomic mass is 9.84. The third-order valence-corrected chi connectivity index (χ3v) is 5.16. The summed E-state index contributed by atoms with van der Waals surface area (Å²) in [7, 11) is 0. The van der Waals surface area contributed by atoms with Crippen LogP contribution in [-0.2, 0) is 6.54 Å². The third-order valence-electron chi connectivity index (χ3n) is 5.16. The average molecular weight is 321 g/mol. The second-order valence-electron chi connectivity index (χ2n) is 7.02. The molecule has 1 saturated carbocycles. The number of Topliss-reactive ketones (excluding diaryl/α,β-unsaturated/α-hetero) is 1. The highest BCUT2D eigenvalue weighted by molar-refractivity contribution is 5.95. The van der Waals surface area contributed by atoms with Crippen LogP contribution in [-0.4, -0.2) is 5.78 Å². The Morgan fingerprint density at radius 3 is 2.38 bits per heavy atom. The molecule has 2 heteroatoms. The smallest absolute Gasteiger partial charge is 0.160 e. The van der Waals surface area contributed by atoms with E-state index in [0.29, 0.717) is 0 Å². The number of anilines is 1. The molecule has 2 aromatic carbocycles. The quantitative estimate of drug-likeness (QED) is 0.699. The maximum atomic E-state index is 11.5. The Morgan fingerprint density at radius 2 is 1.75 bits per heavy atom. The number of carbonyl (C=O) groups excluding carboxylic acids is 1. The minimum atomic E-state index is 0.123. The van der Waals surface area contributed by atoms with Crippen molar-refractivity contribution in [2.45, 2.75) is 58.4 Å². The number of nitrogens with one attached hydrogen (secondary N) is 1. The predicted molar refractivity (Wildman–Crippen MR) is 101 cm³/mol. The Balaban J connectivity index is 1.60. The van der Waals surface area contributed by atoms with Crippen molar-refractivity contribution in [2.24, 2.45) is 0 Å². The molecule has 0 spiro atoms. The Morgan fingerprint density at radius 1 is 1.04 bits per heavy atom. The summed E-state index contributed by atoms with van der Waals surface area (Å²) in [5, 5.41) is 3.46. The first-order valence-corrected chi connectivity index (χ1v) is 9.08. The van der Waals surface area contributed by atoms with Crippen molar-refractivity contribution in [1.82, 2.24) is 0 Å². The molecule has 1 N–H and O–H groups in total. The molecular weight excluding hydrogens is 294 g/mol. The Bertz CT molecular complexity index is 696. The van der Waals surface area contributed by atoms with Crippen LogP contribution in [0.3, 0.4) is 0 Å². The van der Waals surface area contributed by atoms with Crippen LogP contribution in [0.4, 0.5) is 5.69 Å². The van der Waals surface area contributed by atoms with Crippen LogP contribution in [0.25, 0.3) is 0 Å². The molecule has 3 rings (SSSR count). The Labute approximate surface area is 145 Å². The number of ketones is 1. The van der Waals surface area contributed by atoms with Crippen molar-refractivity contribution < 1.29 is 4.79 Å². The number of hydrogen-bond acceptors (Lipinski definition) is 2. The molecule has 2 aromatic rings. The topological polar surface area (TPSA) is 29.1 Å². The van der Waals surface area contributed by atoms with Gasteiger partial charge in [0.15, 0.2) is 5.78 Å². The van der Waals surface area contributed by atoms with Gasteiger partial charge in [-0.3, -0.25) is 4.79 Å². The van der Waals surface area contributed by atoms with E-state index >= 15 is 0 Å². The van der Waals surface area contributed by atoms with E-state index in [4.69, 9.17) is 0 Å². The van der Waals surface area contributed by atoms with Crippen molar-refractivity contribution in [3.8, 4) is 0 Å². The first-order chi connectivity index (χ1) is 11.6. The lowest BCUT2D eigenvalue weighted by Gasteiger charge is -2.22. The van der Waals surface area contributed by atoms with E-state index in [1.54, 1.807) is 6.92 Å². The zero-order valence-electron chi connectivity index (χ0n) is 14.8. The van der Waals surface area contributed by atoms with Gasteiger partial charge in [0.05, 0.1) is 0 Å². The minimum absolute atomic E-state index is 0.123. The van der Waals surface area contributed by atoms with Gasteiger partial charge in [0, 0.05) is 17.8 Å². The van der Waals surface area contributed by atoms with Gasteiger partial charge < -0.3 is 5.32 Å². The summed E-state index contributed by atoms with van der Waals surface area (Å²) in [5.74, 6) is 0.889. The first kappa shape index (κ1) is 16.8. The summed E-state index contributed by atoms with van der Waals surface area (Å²) in [4.78, 5) is 11.5. The van der Waals surface area contributed by atoms with Crippen LogP contribution in [0.5, 0.6) is 0 Å². The standard InChI is InChI=1S/C22H27NO/c1-16-14-21(12-13-22(16)17(2)24)23-15-18-8-10-20(11-9-18)19-6-4-3-5-7-19/h8-14,19,23H,3-7,15H2,1-2H3. The molecule has 0 unspecified atom stereocenters. The highest BCUT2D eigenvalue weighted by Gasteiger charge is 2.15. The summed E-state index contributed by atoms with van der Waals surface area (Å²) >= 11 is 0. The molecule has 0 aliphatic heterocycles. The largest absolute Gasteiger partial charge is 0.381 e. The van der Waals surface area contributed by atoms with E-state index in [1.165, 1.54) is 43.2 Å². The molecule has 0 aromatic heterocycles. The molecule has 0 amide bonds. The fourth-order valence-corrected chi connectivity index (χ4v) is 3.72. The zero-order chi connectivity index (χ0) is 16.9. The zero-order valence-corrected chi connectivity index (χ0v) is 14.8. The van der Waals surface area contributed by atoms with Gasteiger partial charge in [-0.25, -0.2) is 0 Å². The number of hydrogen-bond donors (Lipinski definition) is 1. The van der Waals surface area contributed by atoms with Gasteiger partial charge in [-0.1, -0.05) is 43.5 Å². The van der Waals surface area contributed by atoms with E-state index in [-0.39, 0.29) is 5.78 Å². The molecule has 1 aliphatic rings. The second kappa shape index (κ2) is 7.65. The van der Waals surface area contributed by atoms with Crippen LogP contribution in [0.2, 0.25) is 0 Å². The summed E-state index contributed by atoms with van der Waals surface area (Å²) in [5.41, 5.74) is 5.69. The Hall–Kier alpha value is -2.09. The fraction of sp³-hybridized carbons (Fsp3) is 0.409. The van der Waals surface area contributed by atoms with Crippen molar-refractivity contribution >= 4 is 11.5 Å². The van der Waals surface area contributed by atoms with Crippen molar-refractivity contribution in [3.63, 3.8) is 0 Å². The lowest BCUT2D eigenvalue weighted by molar-refractivity contribution is 0.101.